The minimum Gasteiger partial charge on any atom is -0.358 e. The maximum Gasteiger partial charge on any atom is 0.181 e. The first-order valence-corrected chi connectivity index (χ1v) is 6.09. The summed E-state index contributed by atoms with van der Waals surface area (Å²) in [6.07, 6.45) is 0.208. The fourth-order valence-corrected chi connectivity index (χ4v) is 2.39. The summed E-state index contributed by atoms with van der Waals surface area (Å²) in [4.78, 5) is 4.16. The second-order valence-corrected chi connectivity index (χ2v) is 4.95. The maximum atomic E-state index is 5.44. The lowest BCUT2D eigenvalue weighted by Crippen LogP contribution is -2.08. The molecule has 1 aromatic rings. The third-order valence-corrected chi connectivity index (χ3v) is 3.85. The van der Waals surface area contributed by atoms with Crippen LogP contribution in [-0.4, -0.2) is 15.7 Å². The zero-order valence-corrected chi connectivity index (χ0v) is 12.0. The highest BCUT2D eigenvalue weighted by Crippen LogP contribution is 2.26. The summed E-state index contributed by atoms with van der Waals surface area (Å²) in [7, 11) is 0. The Morgan fingerprint density at radius 3 is 2.38 bits per heavy atom. The first-order chi connectivity index (χ1) is 6.02. The highest BCUT2D eigenvalue weighted by atomic mass is 79.9. The van der Waals surface area contributed by atoms with Crippen molar-refractivity contribution in [2.45, 2.75) is 26.7 Å². The summed E-state index contributed by atoms with van der Waals surface area (Å²) in [6.45, 7) is 4.47. The SMILES string of the molecule is CC(C)OCn1c(Br)nc(Br)c1Br. The fourth-order valence-electron chi connectivity index (χ4n) is 0.713. The second kappa shape index (κ2) is 4.91. The summed E-state index contributed by atoms with van der Waals surface area (Å²) < 4.78 is 9.71. The number of imidazole rings is 1. The Morgan fingerprint density at radius 1 is 1.38 bits per heavy atom. The van der Waals surface area contributed by atoms with Gasteiger partial charge in [-0.3, -0.25) is 4.57 Å². The Kier molecular flexibility index (Phi) is 4.41. The van der Waals surface area contributed by atoms with Gasteiger partial charge in [0.25, 0.3) is 0 Å². The standard InChI is InChI=1S/C7H9Br3N2O/c1-4(2)13-3-12-6(9)5(8)11-7(12)10/h4H,3H2,1-2H3. The summed E-state index contributed by atoms with van der Waals surface area (Å²) in [5, 5.41) is 0. The van der Waals surface area contributed by atoms with Crippen molar-refractivity contribution in [1.29, 1.82) is 0 Å². The Labute approximate surface area is 102 Å². The van der Waals surface area contributed by atoms with E-state index >= 15 is 0 Å². The molecule has 6 heteroatoms. The molecule has 13 heavy (non-hydrogen) atoms. The number of halogens is 3. The molecule has 0 spiro atoms. The summed E-state index contributed by atoms with van der Waals surface area (Å²) in [5.41, 5.74) is 0. The van der Waals surface area contributed by atoms with Crippen LogP contribution in [0.1, 0.15) is 13.8 Å². The number of aromatic nitrogens is 2. The van der Waals surface area contributed by atoms with Gasteiger partial charge in [-0.05, 0) is 61.6 Å². The van der Waals surface area contributed by atoms with E-state index in [1.807, 2.05) is 18.4 Å². The predicted molar refractivity (Wildman–Crippen MR) is 61.5 cm³/mol. The molecule has 0 fully saturated rings. The van der Waals surface area contributed by atoms with Crippen LogP contribution in [0.4, 0.5) is 0 Å². The normalized spacial score (nSPS) is 11.2. The molecule has 0 atom stereocenters. The van der Waals surface area contributed by atoms with Crippen molar-refractivity contribution < 1.29 is 4.74 Å². The molecule has 3 nitrogen and oxygen atoms in total. The fraction of sp³-hybridized carbons (Fsp3) is 0.571. The van der Waals surface area contributed by atoms with Crippen molar-refractivity contribution in [3.05, 3.63) is 13.9 Å². The maximum absolute atomic E-state index is 5.44. The summed E-state index contributed by atoms with van der Waals surface area (Å²) in [6, 6.07) is 0. The van der Waals surface area contributed by atoms with E-state index < -0.39 is 0 Å². The van der Waals surface area contributed by atoms with Crippen LogP contribution >= 0.6 is 47.8 Å². The van der Waals surface area contributed by atoms with Crippen LogP contribution in [0.25, 0.3) is 0 Å². The first-order valence-electron chi connectivity index (χ1n) is 3.71. The molecule has 0 aromatic carbocycles. The molecular formula is C7H9Br3N2O. The van der Waals surface area contributed by atoms with E-state index in [0.29, 0.717) is 6.73 Å². The molecular weight excluding hydrogens is 368 g/mol. The van der Waals surface area contributed by atoms with Crippen molar-refractivity contribution in [3.63, 3.8) is 0 Å². The molecule has 0 radical (unpaired) electrons. The van der Waals surface area contributed by atoms with Crippen molar-refractivity contribution in [2.75, 3.05) is 0 Å². The quantitative estimate of drug-likeness (QED) is 0.806. The average molecular weight is 377 g/mol. The van der Waals surface area contributed by atoms with E-state index in [-0.39, 0.29) is 6.10 Å². The van der Waals surface area contributed by atoms with E-state index in [0.717, 1.165) is 13.9 Å². The van der Waals surface area contributed by atoms with Gasteiger partial charge in [-0.25, -0.2) is 4.98 Å². The third kappa shape index (κ3) is 3.04. The van der Waals surface area contributed by atoms with Gasteiger partial charge in [0.05, 0.1) is 6.10 Å². The number of ether oxygens (including phenoxy) is 1. The molecule has 0 saturated carbocycles. The predicted octanol–water partition coefficient (Wildman–Crippen LogP) is 3.55. The third-order valence-electron chi connectivity index (χ3n) is 1.36. The van der Waals surface area contributed by atoms with Gasteiger partial charge in [-0.2, -0.15) is 0 Å². The summed E-state index contributed by atoms with van der Waals surface area (Å²) in [5.74, 6) is 0. The molecule has 0 saturated heterocycles. The van der Waals surface area contributed by atoms with Crippen molar-refractivity contribution >= 4 is 47.8 Å². The van der Waals surface area contributed by atoms with Crippen LogP contribution < -0.4 is 0 Å². The van der Waals surface area contributed by atoms with Crippen LogP contribution in [0.5, 0.6) is 0 Å². The minimum absolute atomic E-state index is 0.208. The minimum atomic E-state index is 0.208. The van der Waals surface area contributed by atoms with E-state index in [4.69, 9.17) is 4.74 Å². The largest absolute Gasteiger partial charge is 0.358 e. The molecule has 0 aliphatic rings. The average Bonchev–Trinajstić information content (AvgIpc) is 2.24. The number of hydrogen-bond donors (Lipinski definition) is 0. The van der Waals surface area contributed by atoms with Crippen LogP contribution in [0.2, 0.25) is 0 Å². The molecule has 1 rings (SSSR count). The van der Waals surface area contributed by atoms with Crippen molar-refractivity contribution in [2.24, 2.45) is 0 Å². The van der Waals surface area contributed by atoms with Crippen molar-refractivity contribution in [3.8, 4) is 0 Å². The highest BCUT2D eigenvalue weighted by Gasteiger charge is 2.11. The topological polar surface area (TPSA) is 27.1 Å². The van der Waals surface area contributed by atoms with Crippen molar-refractivity contribution in [1.82, 2.24) is 9.55 Å². The molecule has 0 unspecified atom stereocenters. The van der Waals surface area contributed by atoms with E-state index in [1.165, 1.54) is 0 Å². The monoisotopic (exact) mass is 374 g/mol. The highest BCUT2D eigenvalue weighted by molar-refractivity contribution is 9.13. The van der Waals surface area contributed by atoms with Gasteiger partial charge in [-0.15, -0.1) is 0 Å². The van der Waals surface area contributed by atoms with Crippen LogP contribution in [-0.2, 0) is 11.5 Å². The van der Waals surface area contributed by atoms with Gasteiger partial charge in [0.2, 0.25) is 0 Å². The smallest absolute Gasteiger partial charge is 0.181 e. The molecule has 1 aromatic heterocycles. The Balaban J connectivity index is 2.76. The van der Waals surface area contributed by atoms with Crippen LogP contribution in [0.15, 0.2) is 13.9 Å². The second-order valence-electron chi connectivity index (χ2n) is 2.74. The van der Waals surface area contributed by atoms with Gasteiger partial charge in [-0.1, -0.05) is 0 Å². The van der Waals surface area contributed by atoms with Gasteiger partial charge in [0, 0.05) is 0 Å². The zero-order valence-electron chi connectivity index (χ0n) is 7.22. The van der Waals surface area contributed by atoms with E-state index in [9.17, 15) is 0 Å². The zero-order chi connectivity index (χ0) is 10.0. The summed E-state index contributed by atoms with van der Waals surface area (Å²) >= 11 is 10.0. The molecule has 0 bridgehead atoms. The number of nitrogens with zero attached hydrogens (tertiary/aromatic N) is 2. The van der Waals surface area contributed by atoms with E-state index in [2.05, 4.69) is 52.8 Å². The molecule has 0 N–H and O–H groups in total. The van der Waals surface area contributed by atoms with Gasteiger partial charge in [0.1, 0.15) is 15.9 Å². The first kappa shape index (κ1) is 11.7. The lowest BCUT2D eigenvalue weighted by molar-refractivity contribution is 0.0263. The molecule has 0 amide bonds. The lowest BCUT2D eigenvalue weighted by Gasteiger charge is -2.09. The van der Waals surface area contributed by atoms with E-state index in [1.54, 1.807) is 0 Å². The number of rotatable bonds is 3. The molecule has 1 heterocycles. The van der Waals surface area contributed by atoms with Gasteiger partial charge < -0.3 is 4.74 Å². The lowest BCUT2D eigenvalue weighted by atomic mass is 10.5. The Morgan fingerprint density at radius 2 is 2.00 bits per heavy atom. The van der Waals surface area contributed by atoms with Crippen LogP contribution in [0.3, 0.4) is 0 Å². The Bertz CT molecular complexity index is 298. The van der Waals surface area contributed by atoms with Gasteiger partial charge in [0.15, 0.2) is 4.73 Å². The Hall–Kier alpha value is 0.610. The van der Waals surface area contributed by atoms with Crippen LogP contribution in [0, 0.1) is 0 Å². The number of hydrogen-bond acceptors (Lipinski definition) is 2. The molecule has 0 aliphatic carbocycles. The molecule has 0 aliphatic heterocycles. The van der Waals surface area contributed by atoms with Gasteiger partial charge >= 0.3 is 0 Å². The molecule has 74 valence electrons.